The second-order valence-electron chi connectivity index (χ2n) is 5.38. The fourth-order valence-corrected chi connectivity index (χ4v) is 3.91. The molecule has 1 aliphatic carbocycles. The summed E-state index contributed by atoms with van der Waals surface area (Å²) >= 11 is 1.62. The number of nitrogens with two attached hydrogens (primary N) is 1. The molecule has 19 heavy (non-hydrogen) atoms. The van der Waals surface area contributed by atoms with Crippen LogP contribution in [0.3, 0.4) is 0 Å². The summed E-state index contributed by atoms with van der Waals surface area (Å²) in [7, 11) is 1.94. The zero-order valence-corrected chi connectivity index (χ0v) is 12.7. The van der Waals surface area contributed by atoms with Gasteiger partial charge in [0.25, 0.3) is 5.91 Å². The highest BCUT2D eigenvalue weighted by molar-refractivity contribution is 7.14. The second kappa shape index (κ2) is 6.53. The van der Waals surface area contributed by atoms with Crippen molar-refractivity contribution in [2.45, 2.75) is 45.1 Å². The van der Waals surface area contributed by atoms with E-state index in [0.29, 0.717) is 18.5 Å². The van der Waals surface area contributed by atoms with Crippen molar-refractivity contribution in [3.05, 3.63) is 21.9 Å². The largest absolute Gasteiger partial charge is 0.338 e. The Balaban J connectivity index is 2.08. The molecule has 0 radical (unpaired) electrons. The van der Waals surface area contributed by atoms with E-state index < -0.39 is 0 Å². The number of carbonyl (C=O) groups is 1. The lowest BCUT2D eigenvalue weighted by atomic mass is 9.83. The van der Waals surface area contributed by atoms with Gasteiger partial charge < -0.3 is 10.6 Å². The van der Waals surface area contributed by atoms with Gasteiger partial charge in [-0.1, -0.05) is 19.8 Å². The maximum atomic E-state index is 12.5. The molecule has 0 aromatic carbocycles. The monoisotopic (exact) mass is 280 g/mol. The minimum atomic E-state index is 0.162. The summed E-state index contributed by atoms with van der Waals surface area (Å²) < 4.78 is 0. The first-order valence-electron chi connectivity index (χ1n) is 7.23. The summed E-state index contributed by atoms with van der Waals surface area (Å²) in [5.41, 5.74) is 5.86. The molecule has 2 N–H and O–H groups in total. The molecule has 1 fully saturated rings. The molecule has 2 rings (SSSR count). The Bertz CT molecular complexity index is 430. The van der Waals surface area contributed by atoms with Crippen molar-refractivity contribution in [3.8, 4) is 0 Å². The summed E-state index contributed by atoms with van der Waals surface area (Å²) in [6.07, 6.45) is 5.71. The SMILES string of the molecule is CCc1ccc(C(=O)N(C)C2CCCCC2CN)s1. The lowest BCUT2D eigenvalue weighted by Crippen LogP contribution is -2.45. The first kappa shape index (κ1) is 14.5. The Hall–Kier alpha value is -0.870. The van der Waals surface area contributed by atoms with Gasteiger partial charge >= 0.3 is 0 Å². The average molecular weight is 280 g/mol. The summed E-state index contributed by atoms with van der Waals surface area (Å²) in [6, 6.07) is 4.34. The molecule has 1 heterocycles. The van der Waals surface area contributed by atoms with Gasteiger partial charge in [0.1, 0.15) is 0 Å². The van der Waals surface area contributed by atoms with Crippen LogP contribution < -0.4 is 5.73 Å². The average Bonchev–Trinajstić information content (AvgIpc) is 2.94. The number of rotatable bonds is 4. The van der Waals surface area contributed by atoms with Gasteiger partial charge in [-0.15, -0.1) is 11.3 Å². The van der Waals surface area contributed by atoms with E-state index in [1.807, 2.05) is 18.0 Å². The first-order valence-corrected chi connectivity index (χ1v) is 8.05. The predicted molar refractivity (Wildman–Crippen MR) is 80.6 cm³/mol. The fraction of sp³-hybridized carbons (Fsp3) is 0.667. The highest BCUT2D eigenvalue weighted by Gasteiger charge is 2.30. The molecule has 1 saturated carbocycles. The molecule has 106 valence electrons. The molecule has 1 aromatic rings. The topological polar surface area (TPSA) is 46.3 Å². The molecule has 0 aliphatic heterocycles. The van der Waals surface area contributed by atoms with Crippen LogP contribution in [-0.4, -0.2) is 30.4 Å². The van der Waals surface area contributed by atoms with E-state index in [1.54, 1.807) is 11.3 Å². The van der Waals surface area contributed by atoms with E-state index in [2.05, 4.69) is 13.0 Å². The number of carbonyl (C=O) groups excluding carboxylic acids is 1. The normalized spacial score (nSPS) is 23.3. The molecular formula is C15H24N2OS. The van der Waals surface area contributed by atoms with Crippen molar-refractivity contribution in [3.63, 3.8) is 0 Å². The van der Waals surface area contributed by atoms with E-state index in [0.717, 1.165) is 24.1 Å². The summed E-state index contributed by atoms with van der Waals surface area (Å²) in [4.78, 5) is 16.6. The number of aryl methyl sites for hydroxylation is 1. The third kappa shape index (κ3) is 3.18. The van der Waals surface area contributed by atoms with E-state index in [-0.39, 0.29) is 5.91 Å². The molecule has 0 saturated heterocycles. The number of amides is 1. The van der Waals surface area contributed by atoms with Crippen molar-refractivity contribution < 1.29 is 4.79 Å². The zero-order valence-electron chi connectivity index (χ0n) is 11.9. The van der Waals surface area contributed by atoms with Crippen LogP contribution in [0.2, 0.25) is 0 Å². The van der Waals surface area contributed by atoms with Crippen LogP contribution in [-0.2, 0) is 6.42 Å². The summed E-state index contributed by atoms with van der Waals surface area (Å²) in [5.74, 6) is 0.628. The lowest BCUT2D eigenvalue weighted by molar-refractivity contribution is 0.0625. The van der Waals surface area contributed by atoms with Crippen molar-refractivity contribution >= 4 is 17.2 Å². The number of thiophene rings is 1. The van der Waals surface area contributed by atoms with Gasteiger partial charge in [-0.05, 0) is 43.9 Å². The standard InChI is InChI=1S/C15H24N2OS/c1-3-12-8-9-14(19-12)15(18)17(2)13-7-5-4-6-11(13)10-16/h8-9,11,13H,3-7,10,16H2,1-2H3. The quantitative estimate of drug-likeness (QED) is 0.922. The van der Waals surface area contributed by atoms with E-state index >= 15 is 0 Å². The van der Waals surface area contributed by atoms with Crippen LogP contribution in [0.15, 0.2) is 12.1 Å². The molecular weight excluding hydrogens is 256 g/mol. The van der Waals surface area contributed by atoms with Crippen molar-refractivity contribution in [2.24, 2.45) is 11.7 Å². The van der Waals surface area contributed by atoms with Crippen LogP contribution in [0, 0.1) is 5.92 Å². The van der Waals surface area contributed by atoms with Crippen LogP contribution in [0.1, 0.15) is 47.2 Å². The first-order chi connectivity index (χ1) is 9.17. The smallest absolute Gasteiger partial charge is 0.263 e. The number of hydrogen-bond donors (Lipinski definition) is 1. The highest BCUT2D eigenvalue weighted by Crippen LogP contribution is 2.29. The molecule has 0 bridgehead atoms. The van der Waals surface area contributed by atoms with Crippen molar-refractivity contribution in [1.29, 1.82) is 0 Å². The Morgan fingerprint density at radius 3 is 2.79 bits per heavy atom. The van der Waals surface area contributed by atoms with Crippen LogP contribution in [0.4, 0.5) is 0 Å². The molecule has 4 heteroatoms. The minimum absolute atomic E-state index is 0.162. The maximum Gasteiger partial charge on any atom is 0.263 e. The predicted octanol–water partition coefficient (Wildman–Crippen LogP) is 2.90. The molecule has 2 atom stereocenters. The molecule has 0 spiro atoms. The second-order valence-corrected chi connectivity index (χ2v) is 6.55. The van der Waals surface area contributed by atoms with Gasteiger partial charge in [0.15, 0.2) is 0 Å². The van der Waals surface area contributed by atoms with Gasteiger partial charge in [-0.25, -0.2) is 0 Å². The minimum Gasteiger partial charge on any atom is -0.338 e. The van der Waals surface area contributed by atoms with Gasteiger partial charge in [0, 0.05) is 18.0 Å². The lowest BCUT2D eigenvalue weighted by Gasteiger charge is -2.37. The van der Waals surface area contributed by atoms with Crippen LogP contribution in [0.25, 0.3) is 0 Å². The van der Waals surface area contributed by atoms with E-state index in [1.165, 1.54) is 17.7 Å². The third-order valence-corrected chi connectivity index (χ3v) is 5.43. The maximum absolute atomic E-state index is 12.5. The Labute approximate surface area is 119 Å². The third-order valence-electron chi connectivity index (χ3n) is 4.21. The van der Waals surface area contributed by atoms with Crippen LogP contribution >= 0.6 is 11.3 Å². The Morgan fingerprint density at radius 2 is 2.16 bits per heavy atom. The molecule has 1 aliphatic rings. The summed E-state index contributed by atoms with van der Waals surface area (Å²) in [6.45, 7) is 2.81. The van der Waals surface area contributed by atoms with Gasteiger partial charge in [-0.2, -0.15) is 0 Å². The van der Waals surface area contributed by atoms with Crippen LogP contribution in [0.5, 0.6) is 0 Å². The van der Waals surface area contributed by atoms with Crippen molar-refractivity contribution in [2.75, 3.05) is 13.6 Å². The number of nitrogens with zero attached hydrogens (tertiary/aromatic N) is 1. The van der Waals surface area contributed by atoms with Crippen molar-refractivity contribution in [1.82, 2.24) is 4.90 Å². The molecule has 2 unspecified atom stereocenters. The van der Waals surface area contributed by atoms with Gasteiger partial charge in [0.2, 0.25) is 0 Å². The van der Waals surface area contributed by atoms with E-state index in [9.17, 15) is 4.79 Å². The Kier molecular flexibility index (Phi) is 4.99. The molecule has 1 aromatic heterocycles. The zero-order chi connectivity index (χ0) is 13.8. The van der Waals surface area contributed by atoms with Gasteiger partial charge in [0.05, 0.1) is 4.88 Å². The molecule has 3 nitrogen and oxygen atoms in total. The summed E-state index contributed by atoms with van der Waals surface area (Å²) in [5, 5.41) is 0. The highest BCUT2D eigenvalue weighted by atomic mass is 32.1. The van der Waals surface area contributed by atoms with Gasteiger partial charge in [-0.3, -0.25) is 4.79 Å². The molecule has 1 amide bonds. The fourth-order valence-electron chi connectivity index (χ4n) is 2.98. The van der Waals surface area contributed by atoms with E-state index in [4.69, 9.17) is 5.73 Å². The Morgan fingerprint density at radius 1 is 1.42 bits per heavy atom. The number of hydrogen-bond acceptors (Lipinski definition) is 3.